The Kier molecular flexibility index (Phi) is 6.37. The summed E-state index contributed by atoms with van der Waals surface area (Å²) in [6.45, 7) is 2.36. The maximum atomic E-state index is 11.8. The van der Waals surface area contributed by atoms with Crippen LogP contribution >= 0.6 is 0 Å². The number of hydrogen-bond donors (Lipinski definition) is 2. The Labute approximate surface area is 141 Å². The van der Waals surface area contributed by atoms with Crippen molar-refractivity contribution >= 4 is 12.1 Å². The lowest BCUT2D eigenvalue weighted by Gasteiger charge is -2.16. The first kappa shape index (κ1) is 17.5. The number of hydrogen-bond acceptors (Lipinski definition) is 3. The minimum Gasteiger partial charge on any atom is -0.481 e. The van der Waals surface area contributed by atoms with Gasteiger partial charge in [-0.05, 0) is 18.1 Å². The zero-order valence-electron chi connectivity index (χ0n) is 13.6. The molecule has 1 atom stereocenters. The van der Waals surface area contributed by atoms with Crippen molar-refractivity contribution in [2.45, 2.75) is 25.9 Å². The number of carbonyl (C=O) groups is 2. The summed E-state index contributed by atoms with van der Waals surface area (Å²) in [5.74, 6) is -1.20. The Hall–Kier alpha value is -2.82. The van der Waals surface area contributed by atoms with Crippen LogP contribution in [0.1, 0.15) is 29.0 Å². The van der Waals surface area contributed by atoms with Crippen LogP contribution in [0.3, 0.4) is 0 Å². The van der Waals surface area contributed by atoms with E-state index in [1.807, 2.05) is 61.5 Å². The SMILES string of the molecule is Cc1ccc(C(CNC(=O)OCc2ccccc2)CC(=O)O)cc1. The molecule has 0 aromatic heterocycles. The van der Waals surface area contributed by atoms with Gasteiger partial charge in [0.25, 0.3) is 0 Å². The Morgan fingerprint density at radius 3 is 2.38 bits per heavy atom. The van der Waals surface area contributed by atoms with Crippen LogP contribution in [-0.4, -0.2) is 23.7 Å². The predicted octanol–water partition coefficient (Wildman–Crippen LogP) is 3.48. The largest absolute Gasteiger partial charge is 0.481 e. The molecule has 2 aromatic carbocycles. The van der Waals surface area contributed by atoms with Crippen molar-refractivity contribution in [3.05, 3.63) is 71.3 Å². The second-order valence-corrected chi connectivity index (χ2v) is 5.65. The molecule has 0 spiro atoms. The first-order valence-electron chi connectivity index (χ1n) is 7.77. The minimum atomic E-state index is -0.903. The number of alkyl carbamates (subject to hydrolysis) is 1. The molecule has 0 heterocycles. The number of aliphatic carboxylic acids is 1. The van der Waals surface area contributed by atoms with Gasteiger partial charge >= 0.3 is 12.1 Å². The number of nitrogens with one attached hydrogen (secondary N) is 1. The topological polar surface area (TPSA) is 75.6 Å². The molecule has 0 saturated carbocycles. The first-order valence-corrected chi connectivity index (χ1v) is 7.77. The fourth-order valence-electron chi connectivity index (χ4n) is 2.34. The van der Waals surface area contributed by atoms with Gasteiger partial charge in [0.15, 0.2) is 0 Å². The fourth-order valence-corrected chi connectivity index (χ4v) is 2.34. The summed E-state index contributed by atoms with van der Waals surface area (Å²) >= 11 is 0. The number of amides is 1. The van der Waals surface area contributed by atoms with E-state index in [2.05, 4.69) is 5.32 Å². The van der Waals surface area contributed by atoms with E-state index in [0.717, 1.165) is 16.7 Å². The molecule has 0 aliphatic carbocycles. The third-order valence-corrected chi connectivity index (χ3v) is 3.68. The molecule has 5 heteroatoms. The van der Waals surface area contributed by atoms with Gasteiger partial charge in [-0.15, -0.1) is 0 Å². The van der Waals surface area contributed by atoms with Gasteiger partial charge in [-0.3, -0.25) is 4.79 Å². The number of carboxylic acids is 1. The molecule has 1 unspecified atom stereocenters. The van der Waals surface area contributed by atoms with Crippen LogP contribution in [0.2, 0.25) is 0 Å². The van der Waals surface area contributed by atoms with Crippen molar-refractivity contribution in [2.24, 2.45) is 0 Å². The molecule has 2 rings (SSSR count). The molecule has 0 saturated heterocycles. The van der Waals surface area contributed by atoms with E-state index in [1.54, 1.807) is 0 Å². The second kappa shape index (κ2) is 8.72. The van der Waals surface area contributed by atoms with Crippen molar-refractivity contribution in [1.29, 1.82) is 0 Å². The lowest BCUT2D eigenvalue weighted by Crippen LogP contribution is -2.30. The third-order valence-electron chi connectivity index (χ3n) is 3.68. The van der Waals surface area contributed by atoms with Crippen molar-refractivity contribution in [3.8, 4) is 0 Å². The normalized spacial score (nSPS) is 11.5. The van der Waals surface area contributed by atoms with Crippen LogP contribution in [0.5, 0.6) is 0 Å². The number of benzene rings is 2. The molecule has 5 nitrogen and oxygen atoms in total. The maximum Gasteiger partial charge on any atom is 0.407 e. The Morgan fingerprint density at radius 2 is 1.75 bits per heavy atom. The molecule has 0 fully saturated rings. The summed E-state index contributed by atoms with van der Waals surface area (Å²) in [4.78, 5) is 22.9. The van der Waals surface area contributed by atoms with Crippen molar-refractivity contribution in [2.75, 3.05) is 6.54 Å². The van der Waals surface area contributed by atoms with Crippen LogP contribution in [0, 0.1) is 6.92 Å². The van der Waals surface area contributed by atoms with Gasteiger partial charge in [0.1, 0.15) is 6.61 Å². The number of aryl methyl sites for hydroxylation is 1. The summed E-state index contributed by atoms with van der Waals surface area (Å²) in [6, 6.07) is 17.0. The van der Waals surface area contributed by atoms with Gasteiger partial charge in [-0.1, -0.05) is 60.2 Å². The van der Waals surface area contributed by atoms with Crippen LogP contribution < -0.4 is 5.32 Å². The van der Waals surface area contributed by atoms with Gasteiger partial charge < -0.3 is 15.2 Å². The summed E-state index contributed by atoms with van der Waals surface area (Å²) in [5.41, 5.74) is 2.88. The Morgan fingerprint density at radius 1 is 1.08 bits per heavy atom. The zero-order chi connectivity index (χ0) is 17.4. The summed E-state index contributed by atoms with van der Waals surface area (Å²) < 4.78 is 5.14. The summed E-state index contributed by atoms with van der Waals surface area (Å²) in [7, 11) is 0. The lowest BCUT2D eigenvalue weighted by atomic mass is 9.95. The van der Waals surface area contributed by atoms with Crippen LogP contribution in [0.4, 0.5) is 4.79 Å². The van der Waals surface area contributed by atoms with E-state index in [9.17, 15) is 9.59 Å². The van der Waals surface area contributed by atoms with E-state index in [-0.39, 0.29) is 25.5 Å². The van der Waals surface area contributed by atoms with E-state index in [1.165, 1.54) is 0 Å². The van der Waals surface area contributed by atoms with Crippen molar-refractivity contribution < 1.29 is 19.4 Å². The quantitative estimate of drug-likeness (QED) is 0.816. The van der Waals surface area contributed by atoms with Gasteiger partial charge in [0.05, 0.1) is 6.42 Å². The van der Waals surface area contributed by atoms with E-state index >= 15 is 0 Å². The Bertz CT molecular complexity index is 668. The van der Waals surface area contributed by atoms with Crippen LogP contribution in [0.15, 0.2) is 54.6 Å². The highest BCUT2D eigenvalue weighted by Gasteiger charge is 2.17. The molecule has 126 valence electrons. The smallest absolute Gasteiger partial charge is 0.407 e. The first-order chi connectivity index (χ1) is 11.5. The lowest BCUT2D eigenvalue weighted by molar-refractivity contribution is -0.137. The van der Waals surface area contributed by atoms with Gasteiger partial charge in [0.2, 0.25) is 0 Å². The molecule has 0 radical (unpaired) electrons. The summed E-state index contributed by atoms with van der Waals surface area (Å²) in [6.07, 6.45) is -0.608. The average molecular weight is 327 g/mol. The van der Waals surface area contributed by atoms with E-state index < -0.39 is 12.1 Å². The molecule has 24 heavy (non-hydrogen) atoms. The van der Waals surface area contributed by atoms with Crippen LogP contribution in [-0.2, 0) is 16.1 Å². The van der Waals surface area contributed by atoms with Crippen molar-refractivity contribution in [3.63, 3.8) is 0 Å². The number of ether oxygens (including phenoxy) is 1. The van der Waals surface area contributed by atoms with Crippen molar-refractivity contribution in [1.82, 2.24) is 5.32 Å². The maximum absolute atomic E-state index is 11.8. The molecular formula is C19H21NO4. The number of carbonyl (C=O) groups excluding carboxylic acids is 1. The standard InChI is InChI=1S/C19H21NO4/c1-14-7-9-16(10-8-14)17(11-18(21)22)12-20-19(23)24-13-15-5-3-2-4-6-15/h2-10,17H,11-13H2,1H3,(H,20,23)(H,21,22). The predicted molar refractivity (Wildman–Crippen MR) is 90.8 cm³/mol. The molecule has 2 N–H and O–H groups in total. The van der Waals surface area contributed by atoms with Crippen LogP contribution in [0.25, 0.3) is 0 Å². The highest BCUT2D eigenvalue weighted by molar-refractivity contribution is 5.69. The fraction of sp³-hybridized carbons (Fsp3) is 0.263. The molecule has 0 bridgehead atoms. The average Bonchev–Trinajstić information content (AvgIpc) is 2.58. The number of carboxylic acid groups (broad SMARTS) is 1. The van der Waals surface area contributed by atoms with E-state index in [4.69, 9.17) is 9.84 Å². The summed E-state index contributed by atoms with van der Waals surface area (Å²) in [5, 5.41) is 11.7. The molecule has 2 aromatic rings. The van der Waals surface area contributed by atoms with Gasteiger partial charge in [-0.25, -0.2) is 4.79 Å². The van der Waals surface area contributed by atoms with Gasteiger partial charge in [0, 0.05) is 12.5 Å². The zero-order valence-corrected chi connectivity index (χ0v) is 13.6. The highest BCUT2D eigenvalue weighted by Crippen LogP contribution is 2.19. The third kappa shape index (κ3) is 5.76. The molecule has 0 aliphatic heterocycles. The monoisotopic (exact) mass is 327 g/mol. The molecule has 0 aliphatic rings. The molecular weight excluding hydrogens is 306 g/mol. The van der Waals surface area contributed by atoms with E-state index in [0.29, 0.717) is 0 Å². The van der Waals surface area contributed by atoms with Gasteiger partial charge in [-0.2, -0.15) is 0 Å². The Balaban J connectivity index is 1.88. The molecule has 1 amide bonds. The number of rotatable bonds is 7. The minimum absolute atomic E-state index is 0.0535. The highest BCUT2D eigenvalue weighted by atomic mass is 16.5. The second-order valence-electron chi connectivity index (χ2n) is 5.65.